The van der Waals surface area contributed by atoms with Gasteiger partial charge < -0.3 is 0 Å². The maximum Gasteiger partial charge on any atom is 0.416 e. The number of halogens is 7. The van der Waals surface area contributed by atoms with Gasteiger partial charge in [-0.2, -0.15) is 26.3 Å². The molecule has 2 aromatic rings. The Morgan fingerprint density at radius 1 is 0.619 bits per heavy atom. The lowest BCUT2D eigenvalue weighted by molar-refractivity contribution is -0.590. The Labute approximate surface area is 126 Å². The molecule has 0 fully saturated rings. The summed E-state index contributed by atoms with van der Waals surface area (Å²) in [6.07, 6.45) is -8.88. The molecule has 0 atom stereocenters. The molecule has 1 heterocycles. The van der Waals surface area contributed by atoms with Crippen LogP contribution >= 0.6 is 0 Å². The summed E-state index contributed by atoms with van der Waals surface area (Å²) in [6, 6.07) is 6.73. The van der Waals surface area contributed by atoms with Gasteiger partial charge >= 0.3 is 33.6 Å². The average molecular weight is 415 g/mol. The van der Waals surface area contributed by atoms with Crippen molar-refractivity contribution in [3.63, 3.8) is 0 Å². The van der Waals surface area contributed by atoms with Gasteiger partial charge in [0.15, 0.2) is 0 Å². The Bertz CT molecular complexity index is 653. The predicted molar refractivity (Wildman–Crippen MR) is 59.3 cm³/mol. The van der Waals surface area contributed by atoms with E-state index in [-0.39, 0.29) is 0 Å². The normalized spacial score (nSPS) is 14.0. The summed E-state index contributed by atoms with van der Waals surface area (Å²) < 4.78 is 77.0. The van der Waals surface area contributed by atoms with Crippen LogP contribution in [0.15, 0.2) is 36.4 Å². The van der Waals surface area contributed by atoms with Crippen LogP contribution in [0.2, 0.25) is 0 Å². The van der Waals surface area contributed by atoms with E-state index in [0.717, 1.165) is 24.3 Å². The second-order valence-corrected chi connectivity index (χ2v) is 7.34. The molecule has 7 heteroatoms. The topological polar surface area (TPSA) is 0 Å². The van der Waals surface area contributed by atoms with Crippen LogP contribution in [0.4, 0.5) is 26.3 Å². The summed E-state index contributed by atoms with van der Waals surface area (Å²) in [4.78, 5) is 0. The molecule has 0 radical (unpaired) electrons. The first-order valence-corrected chi connectivity index (χ1v) is 7.90. The molecule has 0 aliphatic carbocycles. The summed E-state index contributed by atoms with van der Waals surface area (Å²) in [5, 5.41) is 0. The Morgan fingerprint density at radius 2 is 1.00 bits per heavy atom. The van der Waals surface area contributed by atoms with Crippen LogP contribution in [0.1, 0.15) is 11.1 Å². The fraction of sp³-hybridized carbons (Fsp3) is 0.143. The van der Waals surface area contributed by atoms with Crippen molar-refractivity contribution < 1.29 is 47.5 Å². The maximum atomic E-state index is 12.7. The van der Waals surface area contributed by atoms with Crippen molar-refractivity contribution in [3.05, 3.63) is 54.7 Å². The summed E-state index contributed by atoms with van der Waals surface area (Å²) in [7, 11) is 0. The van der Waals surface area contributed by atoms with E-state index < -0.39 is 44.7 Å². The first-order valence-electron chi connectivity index (χ1n) is 5.74. The van der Waals surface area contributed by atoms with E-state index in [2.05, 4.69) is 0 Å². The van der Waals surface area contributed by atoms with Crippen molar-refractivity contribution in [3.8, 4) is 11.1 Å². The second-order valence-electron chi connectivity index (χ2n) is 4.48. The van der Waals surface area contributed by atoms with Crippen LogP contribution in [0.3, 0.4) is 0 Å². The molecule has 110 valence electrons. The number of benzene rings is 2. The van der Waals surface area contributed by atoms with E-state index in [1.807, 2.05) is 0 Å². The zero-order valence-electron chi connectivity index (χ0n) is 10.1. The Morgan fingerprint density at radius 3 is 1.33 bits per heavy atom. The third-order valence-electron chi connectivity index (χ3n) is 3.09. The molecule has 0 bridgehead atoms. The van der Waals surface area contributed by atoms with E-state index in [4.69, 9.17) is 0 Å². The fourth-order valence-corrected chi connectivity index (χ4v) is 5.22. The Hall–Kier alpha value is -1.25. The number of rotatable bonds is 0. The first kappa shape index (κ1) is 14.7. The largest absolute Gasteiger partial charge is 0.416 e. The minimum atomic E-state index is -4.44. The SMILES string of the molecule is FC(F)(F)c1ccc2c(c1)[I+]c1cc(C(F)(F)F)ccc1-2. The molecule has 0 spiro atoms. The Kier molecular flexibility index (Phi) is 3.23. The highest BCUT2D eigenvalue weighted by Gasteiger charge is 2.40. The average Bonchev–Trinajstić information content (AvgIpc) is 2.73. The second kappa shape index (κ2) is 4.62. The number of fused-ring (bicyclic) bond motifs is 3. The minimum absolute atomic E-state index is 0.512. The molecule has 2 aromatic carbocycles. The minimum Gasteiger partial charge on any atom is -0.166 e. The van der Waals surface area contributed by atoms with Gasteiger partial charge in [-0.3, -0.25) is 0 Å². The van der Waals surface area contributed by atoms with Crippen LogP contribution in [-0.2, 0) is 12.4 Å². The maximum absolute atomic E-state index is 12.7. The van der Waals surface area contributed by atoms with Crippen molar-refractivity contribution in [2.24, 2.45) is 0 Å². The molecule has 1 aliphatic rings. The highest BCUT2D eigenvalue weighted by atomic mass is 127. The molecule has 0 unspecified atom stereocenters. The molecule has 0 N–H and O–H groups in total. The lowest BCUT2D eigenvalue weighted by Gasteiger charge is -2.06. The summed E-state index contributed by atoms with van der Waals surface area (Å²) in [6.45, 7) is 0. The zero-order chi connectivity index (χ0) is 15.4. The van der Waals surface area contributed by atoms with Crippen LogP contribution in [0, 0.1) is 7.14 Å². The van der Waals surface area contributed by atoms with Crippen molar-refractivity contribution in [2.45, 2.75) is 12.4 Å². The number of alkyl halides is 6. The van der Waals surface area contributed by atoms with Crippen LogP contribution in [0.25, 0.3) is 11.1 Å². The van der Waals surface area contributed by atoms with Crippen molar-refractivity contribution in [2.75, 3.05) is 0 Å². The van der Waals surface area contributed by atoms with Gasteiger partial charge in [0.2, 0.25) is 7.14 Å². The number of hydrogen-bond acceptors (Lipinski definition) is 0. The molecule has 0 amide bonds. The third kappa shape index (κ3) is 2.63. The van der Waals surface area contributed by atoms with Gasteiger partial charge in [-0.05, 0) is 24.3 Å². The molecule has 0 saturated heterocycles. The molecule has 0 aromatic heterocycles. The van der Waals surface area contributed by atoms with Gasteiger partial charge in [-0.1, -0.05) is 0 Å². The molecule has 0 nitrogen and oxygen atoms in total. The summed E-state index contributed by atoms with van der Waals surface area (Å²) in [5.41, 5.74) is -0.298. The van der Waals surface area contributed by atoms with Crippen LogP contribution < -0.4 is 21.2 Å². The molecule has 21 heavy (non-hydrogen) atoms. The van der Waals surface area contributed by atoms with Crippen molar-refractivity contribution in [1.82, 2.24) is 0 Å². The molecular formula is C14H6F6I+. The Balaban J connectivity index is 2.06. The highest BCUT2D eigenvalue weighted by molar-refractivity contribution is 5.65. The third-order valence-corrected chi connectivity index (χ3v) is 6.03. The molecule has 0 saturated carbocycles. The smallest absolute Gasteiger partial charge is 0.166 e. The summed E-state index contributed by atoms with van der Waals surface area (Å²) >= 11 is -1.03. The van der Waals surface area contributed by atoms with E-state index in [1.54, 1.807) is 0 Å². The predicted octanol–water partition coefficient (Wildman–Crippen LogP) is 1.83. The van der Waals surface area contributed by atoms with Gasteiger partial charge in [0.25, 0.3) is 0 Å². The van der Waals surface area contributed by atoms with Crippen molar-refractivity contribution in [1.29, 1.82) is 0 Å². The van der Waals surface area contributed by atoms with Crippen LogP contribution in [-0.4, -0.2) is 0 Å². The van der Waals surface area contributed by atoms with E-state index in [0.29, 0.717) is 18.3 Å². The van der Waals surface area contributed by atoms with Gasteiger partial charge in [0.1, 0.15) is 0 Å². The standard InChI is InChI=1S/C14H6F6I/c15-13(16,17)7-1-3-9-10-4-2-8(14(18,19)20)6-12(10)21-11(9)5-7/h1-6H/q+1. The zero-order valence-corrected chi connectivity index (χ0v) is 12.3. The molecule has 3 rings (SSSR count). The van der Waals surface area contributed by atoms with Gasteiger partial charge in [0, 0.05) is 23.3 Å². The molecular weight excluding hydrogens is 409 g/mol. The quantitative estimate of drug-likeness (QED) is 0.389. The summed E-state index contributed by atoms with van der Waals surface area (Å²) in [5.74, 6) is 0. The monoisotopic (exact) mass is 415 g/mol. The van der Waals surface area contributed by atoms with E-state index >= 15 is 0 Å². The number of hydrogen-bond donors (Lipinski definition) is 0. The van der Waals surface area contributed by atoms with E-state index in [1.165, 1.54) is 12.1 Å². The van der Waals surface area contributed by atoms with E-state index in [9.17, 15) is 26.3 Å². The van der Waals surface area contributed by atoms with Gasteiger partial charge in [-0.15, -0.1) is 0 Å². The van der Waals surface area contributed by atoms with Gasteiger partial charge in [0.05, 0.1) is 11.1 Å². The van der Waals surface area contributed by atoms with Crippen molar-refractivity contribution >= 4 is 0 Å². The highest BCUT2D eigenvalue weighted by Crippen LogP contribution is 2.34. The van der Waals surface area contributed by atoms with Gasteiger partial charge in [-0.25, -0.2) is 0 Å². The lowest BCUT2D eigenvalue weighted by atomic mass is 10.0. The first-order chi connectivity index (χ1) is 9.66. The fourth-order valence-electron chi connectivity index (χ4n) is 2.09. The molecule has 1 aliphatic heterocycles. The van der Waals surface area contributed by atoms with Crippen LogP contribution in [0.5, 0.6) is 0 Å². The lowest BCUT2D eigenvalue weighted by Crippen LogP contribution is -3.61.